The Labute approximate surface area is 393 Å². The summed E-state index contributed by atoms with van der Waals surface area (Å²) in [6.45, 7) is 5.80. The number of aliphatic carboxylic acids is 1. The standard InChI is InChI=1S/C53H92O12/c1-4-7-10-13-16-19-21-23-25-28-30-33-36-39-45(54)61-42-44(63-46(55)40-37-34-32-29-26-24-22-20-17-14-11-8-5-2)43-62-53-51(49(58)48(57)50(65-53)52(59)60)64-47(56)41-38-35-31-27-18-15-12-9-6-3/h7,10,16,19,23,25,44,48-51,53,57-58H,4-6,8-9,11-15,17-18,20-22,24,26-43H2,1-3H3,(H,59,60)/b10-7-,19-16-,25-23-. The van der Waals surface area contributed by atoms with Gasteiger partial charge in [-0.05, 0) is 51.4 Å². The molecule has 3 N–H and O–H groups in total. The van der Waals surface area contributed by atoms with Gasteiger partial charge >= 0.3 is 23.9 Å². The molecule has 1 aliphatic heterocycles. The van der Waals surface area contributed by atoms with Gasteiger partial charge in [-0.15, -0.1) is 0 Å². The summed E-state index contributed by atoms with van der Waals surface area (Å²) >= 11 is 0. The maximum absolute atomic E-state index is 13.0. The van der Waals surface area contributed by atoms with Gasteiger partial charge < -0.3 is 39.0 Å². The van der Waals surface area contributed by atoms with E-state index >= 15 is 0 Å². The molecule has 1 heterocycles. The van der Waals surface area contributed by atoms with Crippen LogP contribution in [0.1, 0.15) is 226 Å². The maximum atomic E-state index is 13.0. The fourth-order valence-electron chi connectivity index (χ4n) is 7.73. The molecule has 1 saturated heterocycles. The first-order valence-electron chi connectivity index (χ1n) is 26.0. The first-order valence-corrected chi connectivity index (χ1v) is 26.0. The van der Waals surface area contributed by atoms with Crippen LogP contribution < -0.4 is 0 Å². The highest BCUT2D eigenvalue weighted by molar-refractivity contribution is 5.74. The summed E-state index contributed by atoms with van der Waals surface area (Å²) in [5, 5.41) is 31.2. The van der Waals surface area contributed by atoms with Crippen LogP contribution in [0.25, 0.3) is 0 Å². The van der Waals surface area contributed by atoms with Gasteiger partial charge in [-0.1, -0.05) is 192 Å². The summed E-state index contributed by atoms with van der Waals surface area (Å²) in [5.74, 6) is -3.15. The number of carbonyl (C=O) groups excluding carboxylic acids is 3. The highest BCUT2D eigenvalue weighted by Crippen LogP contribution is 2.26. The molecule has 1 fully saturated rings. The third-order valence-corrected chi connectivity index (χ3v) is 11.7. The maximum Gasteiger partial charge on any atom is 0.335 e. The zero-order chi connectivity index (χ0) is 47.6. The monoisotopic (exact) mass is 921 g/mol. The predicted octanol–water partition coefficient (Wildman–Crippen LogP) is 12.1. The zero-order valence-electron chi connectivity index (χ0n) is 41.0. The minimum atomic E-state index is -1.90. The van der Waals surface area contributed by atoms with Gasteiger partial charge in [0.25, 0.3) is 0 Å². The molecule has 1 rings (SSSR count). The smallest absolute Gasteiger partial charge is 0.335 e. The molecule has 6 atom stereocenters. The van der Waals surface area contributed by atoms with E-state index in [1.165, 1.54) is 83.5 Å². The summed E-state index contributed by atoms with van der Waals surface area (Å²) < 4.78 is 28.2. The van der Waals surface area contributed by atoms with Crippen molar-refractivity contribution >= 4 is 23.9 Å². The quantitative estimate of drug-likeness (QED) is 0.0229. The Morgan fingerprint density at radius 1 is 0.523 bits per heavy atom. The lowest BCUT2D eigenvalue weighted by Crippen LogP contribution is -2.61. The van der Waals surface area contributed by atoms with Crippen molar-refractivity contribution in [2.75, 3.05) is 13.2 Å². The average molecular weight is 921 g/mol. The summed E-state index contributed by atoms with van der Waals surface area (Å²) in [6.07, 6.45) is 34.4. The lowest BCUT2D eigenvalue weighted by molar-refractivity contribution is -0.301. The van der Waals surface area contributed by atoms with Crippen LogP contribution in [0.2, 0.25) is 0 Å². The van der Waals surface area contributed by atoms with Gasteiger partial charge in [0.05, 0.1) is 6.61 Å². The molecule has 0 radical (unpaired) electrons. The largest absolute Gasteiger partial charge is 0.479 e. The minimum absolute atomic E-state index is 0.0608. The van der Waals surface area contributed by atoms with Gasteiger partial charge in [0.15, 0.2) is 24.6 Å². The van der Waals surface area contributed by atoms with Crippen LogP contribution >= 0.6 is 0 Å². The number of ether oxygens (including phenoxy) is 5. The van der Waals surface area contributed by atoms with Gasteiger partial charge in [0, 0.05) is 19.3 Å². The first kappa shape index (κ1) is 60.0. The molecule has 0 bridgehead atoms. The van der Waals surface area contributed by atoms with E-state index in [0.717, 1.165) is 83.5 Å². The number of allylic oxidation sites excluding steroid dienone is 6. The topological polar surface area (TPSA) is 175 Å². The second kappa shape index (κ2) is 42.3. The lowest BCUT2D eigenvalue weighted by Gasteiger charge is -2.40. The molecule has 0 aromatic rings. The van der Waals surface area contributed by atoms with Crippen molar-refractivity contribution < 1.29 is 58.2 Å². The summed E-state index contributed by atoms with van der Waals surface area (Å²) in [4.78, 5) is 50.7. The lowest BCUT2D eigenvalue weighted by atomic mass is 9.98. The Kier molecular flexibility index (Phi) is 39.0. The number of carboxylic acid groups (broad SMARTS) is 1. The van der Waals surface area contributed by atoms with E-state index in [1.807, 2.05) is 0 Å². The van der Waals surface area contributed by atoms with E-state index < -0.39 is 67.3 Å². The van der Waals surface area contributed by atoms with E-state index in [0.29, 0.717) is 19.3 Å². The van der Waals surface area contributed by atoms with Crippen molar-refractivity contribution in [3.63, 3.8) is 0 Å². The number of hydrogen-bond acceptors (Lipinski definition) is 11. The Balaban J connectivity index is 2.75. The number of carbonyl (C=O) groups is 4. The van der Waals surface area contributed by atoms with E-state index in [2.05, 4.69) is 57.2 Å². The van der Waals surface area contributed by atoms with Gasteiger partial charge in [-0.25, -0.2) is 4.79 Å². The molecular formula is C53H92O12. The van der Waals surface area contributed by atoms with Crippen molar-refractivity contribution in [2.45, 2.75) is 263 Å². The molecule has 65 heavy (non-hydrogen) atoms. The highest BCUT2D eigenvalue weighted by Gasteiger charge is 2.50. The number of unbranched alkanes of at least 4 members (excludes halogenated alkanes) is 23. The molecule has 12 heteroatoms. The Bertz CT molecular complexity index is 1280. The van der Waals surface area contributed by atoms with Crippen LogP contribution in [-0.2, 0) is 42.9 Å². The van der Waals surface area contributed by atoms with Crippen molar-refractivity contribution in [3.05, 3.63) is 36.5 Å². The van der Waals surface area contributed by atoms with Crippen molar-refractivity contribution in [1.29, 1.82) is 0 Å². The van der Waals surface area contributed by atoms with Crippen molar-refractivity contribution in [2.24, 2.45) is 0 Å². The van der Waals surface area contributed by atoms with E-state index in [9.17, 15) is 34.5 Å². The number of rotatable bonds is 43. The SMILES string of the molecule is CC/C=C\C/C=C\C/C=C\CCCCCC(=O)OCC(COC1OC(C(=O)O)C(O)C(O)C1OC(=O)CCCCCCCCCCC)OC(=O)CCCCCCCCCCCCCCC. The number of esters is 3. The third-order valence-electron chi connectivity index (χ3n) is 11.7. The molecule has 0 amide bonds. The molecule has 376 valence electrons. The van der Waals surface area contributed by atoms with Gasteiger partial charge in [-0.3, -0.25) is 14.4 Å². The van der Waals surface area contributed by atoms with Crippen LogP contribution in [0.3, 0.4) is 0 Å². The van der Waals surface area contributed by atoms with Crippen molar-refractivity contribution in [1.82, 2.24) is 0 Å². The van der Waals surface area contributed by atoms with Crippen LogP contribution in [0.15, 0.2) is 36.5 Å². The second-order valence-electron chi connectivity index (χ2n) is 17.8. The molecule has 0 spiro atoms. The Morgan fingerprint density at radius 3 is 1.48 bits per heavy atom. The van der Waals surface area contributed by atoms with E-state index in [-0.39, 0.29) is 25.9 Å². The van der Waals surface area contributed by atoms with Crippen LogP contribution in [0.4, 0.5) is 0 Å². The number of aliphatic hydroxyl groups is 2. The molecule has 12 nitrogen and oxygen atoms in total. The summed E-state index contributed by atoms with van der Waals surface area (Å²) in [6, 6.07) is 0. The third kappa shape index (κ3) is 33.1. The van der Waals surface area contributed by atoms with E-state index in [4.69, 9.17) is 23.7 Å². The Morgan fingerprint density at radius 2 is 0.969 bits per heavy atom. The first-order chi connectivity index (χ1) is 31.6. The Hall–Kier alpha value is -3.06. The molecule has 0 aromatic carbocycles. The number of hydrogen-bond donors (Lipinski definition) is 3. The van der Waals surface area contributed by atoms with Crippen LogP contribution in [-0.4, -0.2) is 89.2 Å². The minimum Gasteiger partial charge on any atom is -0.479 e. The second-order valence-corrected chi connectivity index (χ2v) is 17.8. The zero-order valence-corrected chi connectivity index (χ0v) is 41.0. The normalized spacial score (nSPS) is 19.3. The predicted molar refractivity (Wildman–Crippen MR) is 257 cm³/mol. The van der Waals surface area contributed by atoms with Crippen molar-refractivity contribution in [3.8, 4) is 0 Å². The molecule has 0 aliphatic carbocycles. The van der Waals surface area contributed by atoms with Gasteiger partial charge in [-0.2, -0.15) is 0 Å². The fourth-order valence-corrected chi connectivity index (χ4v) is 7.73. The summed E-state index contributed by atoms with van der Waals surface area (Å²) in [5.41, 5.74) is 0. The molecule has 6 unspecified atom stereocenters. The summed E-state index contributed by atoms with van der Waals surface area (Å²) in [7, 11) is 0. The van der Waals surface area contributed by atoms with Crippen LogP contribution in [0.5, 0.6) is 0 Å². The molecule has 0 saturated carbocycles. The molecule has 1 aliphatic rings. The average Bonchev–Trinajstić information content (AvgIpc) is 3.29. The molecular weight excluding hydrogens is 829 g/mol. The highest BCUT2D eigenvalue weighted by atomic mass is 16.7. The van der Waals surface area contributed by atoms with Gasteiger partial charge in [0.2, 0.25) is 0 Å². The van der Waals surface area contributed by atoms with Crippen LogP contribution in [0, 0.1) is 0 Å². The van der Waals surface area contributed by atoms with E-state index in [1.54, 1.807) is 0 Å². The number of aliphatic hydroxyl groups excluding tert-OH is 2. The molecule has 0 aromatic heterocycles. The fraction of sp³-hybridized carbons (Fsp3) is 0.811. The number of carboxylic acids is 1. The van der Waals surface area contributed by atoms with Gasteiger partial charge in [0.1, 0.15) is 18.8 Å².